The van der Waals surface area contributed by atoms with E-state index < -0.39 is 5.95 Å². The van der Waals surface area contributed by atoms with E-state index in [1.807, 2.05) is 0 Å². The quantitative estimate of drug-likeness (QED) is 0.608. The number of ether oxygens (including phenoxy) is 1. The van der Waals surface area contributed by atoms with Gasteiger partial charge in [0.05, 0.1) is 13.2 Å². The fourth-order valence-electron chi connectivity index (χ4n) is 1.77. The summed E-state index contributed by atoms with van der Waals surface area (Å²) in [7, 11) is 0. The average molecular weight is 240 g/mol. The summed E-state index contributed by atoms with van der Waals surface area (Å²) in [6.45, 7) is 5.47. The minimum Gasteiger partial charge on any atom is -0.379 e. The maximum Gasteiger partial charge on any atom is 0.217 e. The minimum absolute atomic E-state index is 0.504. The smallest absolute Gasteiger partial charge is 0.217 e. The molecule has 1 aliphatic heterocycles. The Hall–Kier alpha value is -1.27. The third-order valence-electron chi connectivity index (χ3n) is 2.69. The van der Waals surface area contributed by atoms with E-state index in [2.05, 4.69) is 20.2 Å². The minimum atomic E-state index is -0.504. The summed E-state index contributed by atoms with van der Waals surface area (Å²) < 4.78 is 18.0. The predicted octanol–water partition coefficient (Wildman–Crippen LogP) is 0.750. The van der Waals surface area contributed by atoms with Gasteiger partial charge in [-0.25, -0.2) is 9.97 Å². The van der Waals surface area contributed by atoms with Gasteiger partial charge in [0.25, 0.3) is 0 Å². The molecule has 0 amide bonds. The Kier molecular flexibility index (Phi) is 4.63. The van der Waals surface area contributed by atoms with Gasteiger partial charge in [0.2, 0.25) is 5.95 Å². The molecule has 0 unspecified atom stereocenters. The second-order valence-corrected chi connectivity index (χ2v) is 3.96. The number of hydrogen-bond donors (Lipinski definition) is 1. The van der Waals surface area contributed by atoms with E-state index in [9.17, 15) is 4.39 Å². The molecule has 0 spiro atoms. The molecule has 0 aromatic carbocycles. The van der Waals surface area contributed by atoms with Gasteiger partial charge in [-0.15, -0.1) is 0 Å². The van der Waals surface area contributed by atoms with Crippen LogP contribution >= 0.6 is 0 Å². The summed E-state index contributed by atoms with van der Waals surface area (Å²) in [5, 5.41) is 3.08. The molecule has 1 aliphatic rings. The molecule has 0 atom stereocenters. The Morgan fingerprint density at radius 2 is 2.18 bits per heavy atom. The lowest BCUT2D eigenvalue weighted by molar-refractivity contribution is 0.0378. The topological polar surface area (TPSA) is 50.3 Å². The highest BCUT2D eigenvalue weighted by atomic mass is 19.1. The van der Waals surface area contributed by atoms with Crippen molar-refractivity contribution in [3.63, 3.8) is 0 Å². The van der Waals surface area contributed by atoms with Crippen molar-refractivity contribution in [1.29, 1.82) is 0 Å². The molecule has 2 rings (SSSR count). The number of morpholine rings is 1. The van der Waals surface area contributed by atoms with E-state index >= 15 is 0 Å². The zero-order chi connectivity index (χ0) is 11.9. The zero-order valence-corrected chi connectivity index (χ0v) is 9.73. The molecule has 0 saturated carbocycles. The molecule has 1 aromatic rings. The third-order valence-corrected chi connectivity index (χ3v) is 2.69. The highest BCUT2D eigenvalue weighted by Crippen LogP contribution is 2.03. The van der Waals surface area contributed by atoms with Crippen LogP contribution in [0.2, 0.25) is 0 Å². The van der Waals surface area contributed by atoms with Gasteiger partial charge in [0.15, 0.2) is 0 Å². The highest BCUT2D eigenvalue weighted by Gasteiger charge is 2.08. The van der Waals surface area contributed by atoms with Crippen LogP contribution in [0.5, 0.6) is 0 Å². The molecule has 1 aromatic heterocycles. The van der Waals surface area contributed by atoms with Crippen LogP contribution in [0, 0.1) is 5.95 Å². The van der Waals surface area contributed by atoms with Gasteiger partial charge >= 0.3 is 0 Å². The lowest BCUT2D eigenvalue weighted by Gasteiger charge is -2.26. The third kappa shape index (κ3) is 4.24. The Bertz CT molecular complexity index is 344. The molecule has 6 heteroatoms. The lowest BCUT2D eigenvalue weighted by atomic mass is 10.3. The van der Waals surface area contributed by atoms with E-state index in [0.29, 0.717) is 5.82 Å². The first kappa shape index (κ1) is 12.2. The maximum atomic E-state index is 12.8. The van der Waals surface area contributed by atoms with Gasteiger partial charge < -0.3 is 10.1 Å². The molecular weight excluding hydrogens is 223 g/mol. The number of anilines is 1. The summed E-state index contributed by atoms with van der Waals surface area (Å²) in [6, 6.07) is 1.30. The fraction of sp³-hybridized carbons (Fsp3) is 0.636. The van der Waals surface area contributed by atoms with E-state index in [4.69, 9.17) is 4.74 Å². The lowest BCUT2D eigenvalue weighted by Crippen LogP contribution is -2.37. The van der Waals surface area contributed by atoms with Crippen LogP contribution in [0.15, 0.2) is 12.4 Å². The first-order chi connectivity index (χ1) is 8.34. The Balaban J connectivity index is 1.62. The largest absolute Gasteiger partial charge is 0.379 e. The Labute approximate surface area is 100 Å². The summed E-state index contributed by atoms with van der Waals surface area (Å²) in [5.41, 5.74) is 0. The monoisotopic (exact) mass is 240 g/mol. The molecule has 5 nitrogen and oxygen atoms in total. The van der Waals surface area contributed by atoms with Crippen LogP contribution in [-0.2, 0) is 4.74 Å². The summed E-state index contributed by atoms with van der Waals surface area (Å²) >= 11 is 0. The van der Waals surface area contributed by atoms with Crippen LogP contribution in [0.1, 0.15) is 6.42 Å². The van der Waals surface area contributed by atoms with Crippen LogP contribution in [0.4, 0.5) is 10.2 Å². The van der Waals surface area contributed by atoms with Gasteiger partial charge in [0, 0.05) is 25.7 Å². The summed E-state index contributed by atoms with van der Waals surface area (Å²) in [4.78, 5) is 9.70. The summed E-state index contributed by atoms with van der Waals surface area (Å²) in [5.74, 6) is 0.0372. The number of aromatic nitrogens is 2. The maximum absolute atomic E-state index is 12.8. The van der Waals surface area contributed by atoms with Crippen molar-refractivity contribution >= 4 is 5.82 Å². The number of rotatable bonds is 5. The van der Waals surface area contributed by atoms with Crippen LogP contribution in [-0.4, -0.2) is 54.3 Å². The molecule has 0 radical (unpaired) electrons. The Morgan fingerprint density at radius 3 is 2.94 bits per heavy atom. The van der Waals surface area contributed by atoms with Crippen molar-refractivity contribution in [3.8, 4) is 0 Å². The van der Waals surface area contributed by atoms with Crippen molar-refractivity contribution in [1.82, 2.24) is 14.9 Å². The fourth-order valence-corrected chi connectivity index (χ4v) is 1.77. The number of nitrogens with one attached hydrogen (secondary N) is 1. The van der Waals surface area contributed by atoms with Gasteiger partial charge in [0.1, 0.15) is 12.1 Å². The number of halogens is 1. The highest BCUT2D eigenvalue weighted by molar-refractivity contribution is 5.31. The molecule has 1 fully saturated rings. The van der Waals surface area contributed by atoms with Crippen molar-refractivity contribution in [3.05, 3.63) is 18.3 Å². The molecule has 17 heavy (non-hydrogen) atoms. The van der Waals surface area contributed by atoms with Crippen LogP contribution in [0.3, 0.4) is 0 Å². The first-order valence-electron chi connectivity index (χ1n) is 5.86. The van der Waals surface area contributed by atoms with Crippen LogP contribution < -0.4 is 5.32 Å². The molecule has 0 aliphatic carbocycles. The van der Waals surface area contributed by atoms with E-state index in [-0.39, 0.29) is 0 Å². The first-order valence-corrected chi connectivity index (χ1v) is 5.86. The number of nitrogens with zero attached hydrogens (tertiary/aromatic N) is 3. The molecule has 1 saturated heterocycles. The van der Waals surface area contributed by atoms with Gasteiger partial charge in [-0.05, 0) is 13.0 Å². The van der Waals surface area contributed by atoms with Crippen molar-refractivity contribution in [2.75, 3.05) is 44.7 Å². The molecule has 1 N–H and O–H groups in total. The van der Waals surface area contributed by atoms with E-state index in [0.717, 1.165) is 45.8 Å². The molecular formula is C11H17FN4O. The van der Waals surface area contributed by atoms with Crippen molar-refractivity contribution in [2.24, 2.45) is 0 Å². The Morgan fingerprint density at radius 1 is 1.35 bits per heavy atom. The zero-order valence-electron chi connectivity index (χ0n) is 9.73. The SMILES string of the molecule is Fc1cc(NCCCN2CCOCC2)ncn1. The molecule has 0 bridgehead atoms. The van der Waals surface area contributed by atoms with Gasteiger partial charge in [-0.1, -0.05) is 0 Å². The second kappa shape index (κ2) is 6.46. The second-order valence-electron chi connectivity index (χ2n) is 3.96. The van der Waals surface area contributed by atoms with Crippen molar-refractivity contribution < 1.29 is 9.13 Å². The van der Waals surface area contributed by atoms with E-state index in [1.165, 1.54) is 12.4 Å². The van der Waals surface area contributed by atoms with E-state index in [1.54, 1.807) is 0 Å². The molecule has 94 valence electrons. The van der Waals surface area contributed by atoms with Crippen LogP contribution in [0.25, 0.3) is 0 Å². The van der Waals surface area contributed by atoms with Crippen molar-refractivity contribution in [2.45, 2.75) is 6.42 Å². The van der Waals surface area contributed by atoms with Gasteiger partial charge in [-0.2, -0.15) is 4.39 Å². The normalized spacial score (nSPS) is 17.0. The predicted molar refractivity (Wildman–Crippen MR) is 62.4 cm³/mol. The molecule has 2 heterocycles. The number of hydrogen-bond acceptors (Lipinski definition) is 5. The standard InChI is InChI=1S/C11H17FN4O/c12-10-8-11(15-9-14-10)13-2-1-3-16-4-6-17-7-5-16/h8-9H,1-7H2,(H,13,14,15). The average Bonchev–Trinajstić information content (AvgIpc) is 2.36. The summed E-state index contributed by atoms with van der Waals surface area (Å²) in [6.07, 6.45) is 2.23. The van der Waals surface area contributed by atoms with Gasteiger partial charge in [-0.3, -0.25) is 4.90 Å².